The fourth-order valence-corrected chi connectivity index (χ4v) is 1.15. The molecule has 88 valence electrons. The molecule has 0 aliphatic rings. The van der Waals surface area contributed by atoms with Gasteiger partial charge in [0.2, 0.25) is 0 Å². The van der Waals surface area contributed by atoms with E-state index in [1.807, 2.05) is 6.92 Å². The third-order valence-electron chi connectivity index (χ3n) is 2.59. The van der Waals surface area contributed by atoms with Gasteiger partial charge >= 0.3 is 5.97 Å². The average molecular weight is 217 g/mol. The van der Waals surface area contributed by atoms with E-state index in [4.69, 9.17) is 9.84 Å². The molecule has 0 spiro atoms. The first-order valence-electron chi connectivity index (χ1n) is 4.90. The van der Waals surface area contributed by atoms with Gasteiger partial charge in [0.15, 0.2) is 0 Å². The van der Waals surface area contributed by atoms with E-state index in [9.17, 15) is 9.59 Å². The Morgan fingerprint density at radius 3 is 2.33 bits per heavy atom. The zero-order valence-corrected chi connectivity index (χ0v) is 9.74. The second kappa shape index (κ2) is 5.70. The molecule has 0 heterocycles. The number of carboxylic acids is 1. The minimum atomic E-state index is -0.912. The van der Waals surface area contributed by atoms with Gasteiger partial charge in [-0.1, -0.05) is 6.92 Å². The van der Waals surface area contributed by atoms with Crippen LogP contribution in [0.15, 0.2) is 0 Å². The summed E-state index contributed by atoms with van der Waals surface area (Å²) in [5.74, 6) is -1.10. The molecule has 5 heteroatoms. The average Bonchev–Trinajstić information content (AvgIpc) is 2.23. The normalized spacial score (nSPS) is 14.4. The summed E-state index contributed by atoms with van der Waals surface area (Å²) in [7, 11) is 3.06. The zero-order valence-electron chi connectivity index (χ0n) is 9.74. The van der Waals surface area contributed by atoms with Crippen LogP contribution in [0.1, 0.15) is 26.7 Å². The molecule has 0 bridgehead atoms. The summed E-state index contributed by atoms with van der Waals surface area (Å²) in [6, 6.07) is 0. The van der Waals surface area contributed by atoms with E-state index in [-0.39, 0.29) is 18.9 Å². The number of hydrogen-bond acceptors (Lipinski definition) is 3. The van der Waals surface area contributed by atoms with E-state index >= 15 is 0 Å². The number of methoxy groups -OCH3 is 1. The highest BCUT2D eigenvalue weighted by atomic mass is 16.5. The first kappa shape index (κ1) is 13.9. The van der Waals surface area contributed by atoms with Crippen molar-refractivity contribution in [2.45, 2.75) is 32.3 Å². The van der Waals surface area contributed by atoms with Gasteiger partial charge < -0.3 is 14.7 Å². The Kier molecular flexibility index (Phi) is 5.28. The molecule has 0 aliphatic carbocycles. The Balaban J connectivity index is 4.36. The Bertz CT molecular complexity index is 236. The van der Waals surface area contributed by atoms with Gasteiger partial charge in [-0.15, -0.1) is 0 Å². The molecule has 0 aromatic carbocycles. The predicted octanol–water partition coefficient (Wildman–Crippen LogP) is 0.735. The predicted molar refractivity (Wildman–Crippen MR) is 55.6 cm³/mol. The van der Waals surface area contributed by atoms with E-state index in [1.54, 1.807) is 14.0 Å². The molecule has 0 rings (SSSR count). The van der Waals surface area contributed by atoms with Gasteiger partial charge in [0.1, 0.15) is 5.60 Å². The lowest BCUT2D eigenvalue weighted by molar-refractivity contribution is -0.152. The Morgan fingerprint density at radius 1 is 1.47 bits per heavy atom. The third kappa shape index (κ3) is 3.87. The van der Waals surface area contributed by atoms with E-state index < -0.39 is 11.6 Å². The summed E-state index contributed by atoms with van der Waals surface area (Å²) in [5, 5.41) is 8.49. The highest BCUT2D eigenvalue weighted by molar-refractivity contribution is 5.84. The number of ether oxygens (including phenoxy) is 1. The highest BCUT2D eigenvalue weighted by Crippen LogP contribution is 2.16. The molecule has 0 aliphatic heterocycles. The number of aliphatic carboxylic acids is 1. The molecule has 0 saturated carbocycles. The van der Waals surface area contributed by atoms with Crippen molar-refractivity contribution in [2.75, 3.05) is 20.7 Å². The molecule has 0 fully saturated rings. The number of hydrogen-bond donors (Lipinski definition) is 1. The number of amides is 1. The van der Waals surface area contributed by atoms with Gasteiger partial charge in [0, 0.05) is 20.7 Å². The molecule has 1 amide bonds. The van der Waals surface area contributed by atoms with Crippen molar-refractivity contribution >= 4 is 11.9 Å². The van der Waals surface area contributed by atoms with Gasteiger partial charge in [-0.3, -0.25) is 9.59 Å². The maximum absolute atomic E-state index is 11.8. The van der Waals surface area contributed by atoms with Gasteiger partial charge in [0.25, 0.3) is 5.91 Å². The van der Waals surface area contributed by atoms with E-state index in [0.29, 0.717) is 6.42 Å². The van der Waals surface area contributed by atoms with Crippen LogP contribution in [-0.4, -0.2) is 48.2 Å². The Labute approximate surface area is 90.0 Å². The first-order valence-corrected chi connectivity index (χ1v) is 4.90. The molecule has 1 atom stereocenters. The summed E-state index contributed by atoms with van der Waals surface area (Å²) in [5.41, 5.74) is -0.854. The van der Waals surface area contributed by atoms with Crippen LogP contribution < -0.4 is 0 Å². The maximum Gasteiger partial charge on any atom is 0.305 e. The van der Waals surface area contributed by atoms with Gasteiger partial charge in [0.05, 0.1) is 6.42 Å². The van der Waals surface area contributed by atoms with E-state index in [1.165, 1.54) is 12.0 Å². The van der Waals surface area contributed by atoms with Gasteiger partial charge in [-0.05, 0) is 13.3 Å². The highest BCUT2D eigenvalue weighted by Gasteiger charge is 2.33. The molecule has 15 heavy (non-hydrogen) atoms. The summed E-state index contributed by atoms with van der Waals surface area (Å²) in [4.78, 5) is 23.6. The monoisotopic (exact) mass is 217 g/mol. The van der Waals surface area contributed by atoms with Crippen LogP contribution in [0.4, 0.5) is 0 Å². The van der Waals surface area contributed by atoms with Crippen LogP contribution in [0.5, 0.6) is 0 Å². The molecule has 0 radical (unpaired) electrons. The molecular weight excluding hydrogens is 198 g/mol. The van der Waals surface area contributed by atoms with Crippen LogP contribution in [-0.2, 0) is 14.3 Å². The SMILES string of the molecule is CCC(C)(OC)C(=O)N(C)CCC(=O)O. The smallest absolute Gasteiger partial charge is 0.305 e. The lowest BCUT2D eigenvalue weighted by Crippen LogP contribution is -2.46. The second-order valence-electron chi connectivity index (χ2n) is 3.66. The molecule has 1 unspecified atom stereocenters. The minimum Gasteiger partial charge on any atom is -0.481 e. The molecular formula is C10H19NO4. The first-order chi connectivity index (χ1) is 6.87. The van der Waals surface area contributed by atoms with Gasteiger partial charge in [-0.25, -0.2) is 0 Å². The molecule has 0 aromatic rings. The minimum absolute atomic E-state index is 0.0499. The van der Waals surface area contributed by atoms with Crippen LogP contribution in [0.3, 0.4) is 0 Å². The van der Waals surface area contributed by atoms with Crippen molar-refractivity contribution < 1.29 is 19.4 Å². The van der Waals surface area contributed by atoms with Gasteiger partial charge in [-0.2, -0.15) is 0 Å². The largest absolute Gasteiger partial charge is 0.481 e. The second-order valence-corrected chi connectivity index (χ2v) is 3.66. The van der Waals surface area contributed by atoms with Crippen molar-refractivity contribution in [3.63, 3.8) is 0 Å². The number of carboxylic acid groups (broad SMARTS) is 1. The molecule has 1 N–H and O–H groups in total. The van der Waals surface area contributed by atoms with Crippen molar-refractivity contribution in [3.8, 4) is 0 Å². The lowest BCUT2D eigenvalue weighted by Gasteiger charge is -2.30. The van der Waals surface area contributed by atoms with Crippen LogP contribution in [0, 0.1) is 0 Å². The molecule has 0 aromatic heterocycles. The number of carbonyl (C=O) groups is 2. The lowest BCUT2D eigenvalue weighted by atomic mass is 10.0. The molecule has 0 saturated heterocycles. The summed E-state index contributed by atoms with van der Waals surface area (Å²) >= 11 is 0. The fraction of sp³-hybridized carbons (Fsp3) is 0.800. The molecule has 5 nitrogen and oxygen atoms in total. The van der Waals surface area contributed by atoms with Crippen molar-refractivity contribution in [1.82, 2.24) is 4.90 Å². The standard InChI is InChI=1S/C10H19NO4/c1-5-10(2,15-4)9(14)11(3)7-6-8(12)13/h5-7H2,1-4H3,(H,12,13). The summed E-state index contributed by atoms with van der Waals surface area (Å²) in [6.45, 7) is 3.76. The Hall–Kier alpha value is -1.10. The maximum atomic E-state index is 11.8. The Morgan fingerprint density at radius 2 is 2.00 bits per heavy atom. The third-order valence-corrected chi connectivity index (χ3v) is 2.59. The van der Waals surface area contributed by atoms with Crippen LogP contribution in [0.25, 0.3) is 0 Å². The quantitative estimate of drug-likeness (QED) is 0.712. The van der Waals surface area contributed by atoms with Crippen molar-refractivity contribution in [1.29, 1.82) is 0 Å². The number of carbonyl (C=O) groups excluding carboxylic acids is 1. The summed E-state index contributed by atoms with van der Waals surface area (Å²) in [6.07, 6.45) is 0.505. The number of likely N-dealkylation sites (N-methyl/N-ethyl adjacent to an activating group) is 1. The summed E-state index contributed by atoms with van der Waals surface area (Å²) < 4.78 is 5.14. The fourth-order valence-electron chi connectivity index (χ4n) is 1.15. The van der Waals surface area contributed by atoms with E-state index in [2.05, 4.69) is 0 Å². The zero-order chi connectivity index (χ0) is 12.1. The van der Waals surface area contributed by atoms with Crippen LogP contribution in [0.2, 0.25) is 0 Å². The van der Waals surface area contributed by atoms with Crippen LogP contribution >= 0.6 is 0 Å². The van der Waals surface area contributed by atoms with Crippen molar-refractivity contribution in [3.05, 3.63) is 0 Å². The number of rotatable bonds is 6. The number of nitrogens with zero attached hydrogens (tertiary/aromatic N) is 1. The van der Waals surface area contributed by atoms with Crippen molar-refractivity contribution in [2.24, 2.45) is 0 Å². The topological polar surface area (TPSA) is 66.8 Å². The van der Waals surface area contributed by atoms with E-state index in [0.717, 1.165) is 0 Å².